The van der Waals surface area contributed by atoms with Gasteiger partial charge in [0.1, 0.15) is 5.82 Å². The first kappa shape index (κ1) is 15.3. The van der Waals surface area contributed by atoms with Crippen LogP contribution in [0, 0.1) is 11.7 Å². The van der Waals surface area contributed by atoms with Crippen LogP contribution in [0.1, 0.15) is 54.1 Å². The summed E-state index contributed by atoms with van der Waals surface area (Å²) in [6, 6.07) is 6.93. The van der Waals surface area contributed by atoms with Gasteiger partial charge in [-0.15, -0.1) is 0 Å². The molecular weight excluding hydrogens is 317 g/mol. The Morgan fingerprint density at radius 3 is 2.76 bits per heavy atom. The summed E-state index contributed by atoms with van der Waals surface area (Å²) in [5.74, 6) is 0.678. The van der Waals surface area contributed by atoms with Crippen molar-refractivity contribution in [1.29, 1.82) is 0 Å². The maximum Gasteiger partial charge on any atom is 0.252 e. The molecule has 4 nitrogen and oxygen atoms in total. The molecule has 3 atom stereocenters. The second-order valence-electron chi connectivity index (χ2n) is 7.80. The van der Waals surface area contributed by atoms with E-state index in [1.807, 2.05) is 6.07 Å². The summed E-state index contributed by atoms with van der Waals surface area (Å²) in [6.45, 7) is 1.06. The maximum atomic E-state index is 13.8. The SMILES string of the molecule is O=C(NC1CC2CCC1NC2)c1cc(C2CC2)nc2ccc(F)cc12. The molecule has 2 aromatic rings. The molecule has 2 aliphatic carbocycles. The number of rotatable bonds is 3. The molecule has 0 spiro atoms. The molecule has 2 saturated carbocycles. The molecule has 6 rings (SSSR count). The van der Waals surface area contributed by atoms with E-state index in [4.69, 9.17) is 0 Å². The van der Waals surface area contributed by atoms with E-state index < -0.39 is 0 Å². The standard InChI is InChI=1S/C20H22FN3O/c21-13-4-6-16-14(8-13)15(9-18(23-16)12-2-3-12)20(25)24-19-7-11-1-5-17(19)22-10-11/h4,6,8-9,11-12,17,19,22H,1-3,5,7,10H2,(H,24,25). The van der Waals surface area contributed by atoms with Crippen LogP contribution >= 0.6 is 0 Å². The number of pyridine rings is 1. The Hall–Kier alpha value is -2.01. The zero-order chi connectivity index (χ0) is 17.0. The lowest BCUT2D eigenvalue weighted by molar-refractivity contribution is 0.0869. The average molecular weight is 339 g/mol. The van der Waals surface area contributed by atoms with E-state index >= 15 is 0 Å². The minimum atomic E-state index is -0.332. The van der Waals surface area contributed by atoms with Crippen molar-refractivity contribution in [1.82, 2.24) is 15.6 Å². The smallest absolute Gasteiger partial charge is 0.252 e. The van der Waals surface area contributed by atoms with Crippen molar-refractivity contribution in [2.75, 3.05) is 6.54 Å². The summed E-state index contributed by atoms with van der Waals surface area (Å²) in [5.41, 5.74) is 2.24. The third kappa shape index (κ3) is 2.80. The van der Waals surface area contributed by atoms with Crippen molar-refractivity contribution >= 4 is 16.8 Å². The Labute approximate surface area is 146 Å². The highest BCUT2D eigenvalue weighted by molar-refractivity contribution is 6.06. The van der Waals surface area contributed by atoms with E-state index in [0.717, 1.165) is 37.9 Å². The van der Waals surface area contributed by atoms with Gasteiger partial charge in [0.2, 0.25) is 0 Å². The van der Waals surface area contributed by atoms with Gasteiger partial charge >= 0.3 is 0 Å². The molecule has 0 radical (unpaired) electrons. The van der Waals surface area contributed by atoms with Crippen LogP contribution in [-0.2, 0) is 0 Å². The molecule has 2 aliphatic heterocycles. The van der Waals surface area contributed by atoms with Crippen LogP contribution < -0.4 is 10.6 Å². The molecule has 4 aliphatic rings. The van der Waals surface area contributed by atoms with Crippen LogP contribution in [0.15, 0.2) is 24.3 Å². The second-order valence-corrected chi connectivity index (χ2v) is 7.80. The van der Waals surface area contributed by atoms with Crippen LogP contribution in [0.4, 0.5) is 4.39 Å². The molecule has 2 bridgehead atoms. The van der Waals surface area contributed by atoms with Crippen molar-refractivity contribution in [3.8, 4) is 0 Å². The first-order valence-electron chi connectivity index (χ1n) is 9.32. The molecule has 3 unspecified atom stereocenters. The molecule has 130 valence electrons. The van der Waals surface area contributed by atoms with E-state index in [1.165, 1.54) is 18.6 Å². The number of halogens is 1. The number of fused-ring (bicyclic) bond motifs is 4. The lowest BCUT2D eigenvalue weighted by Gasteiger charge is -2.43. The van der Waals surface area contributed by atoms with Gasteiger partial charge in [-0.1, -0.05) is 0 Å². The molecule has 1 aromatic carbocycles. The molecule has 2 saturated heterocycles. The zero-order valence-electron chi connectivity index (χ0n) is 14.1. The number of benzene rings is 1. The highest BCUT2D eigenvalue weighted by Gasteiger charge is 2.36. The zero-order valence-corrected chi connectivity index (χ0v) is 14.1. The van der Waals surface area contributed by atoms with E-state index in [9.17, 15) is 9.18 Å². The summed E-state index contributed by atoms with van der Waals surface area (Å²) in [4.78, 5) is 17.7. The topological polar surface area (TPSA) is 54.0 Å². The number of aromatic nitrogens is 1. The first-order chi connectivity index (χ1) is 12.2. The summed E-state index contributed by atoms with van der Waals surface area (Å²) in [5, 5.41) is 7.34. The number of nitrogens with one attached hydrogen (secondary N) is 2. The predicted octanol–water partition coefficient (Wildman–Crippen LogP) is 3.12. The van der Waals surface area contributed by atoms with E-state index in [2.05, 4.69) is 15.6 Å². The summed E-state index contributed by atoms with van der Waals surface area (Å²) in [6.07, 6.45) is 5.65. The second kappa shape index (κ2) is 5.77. The van der Waals surface area contributed by atoms with E-state index in [1.54, 1.807) is 6.07 Å². The van der Waals surface area contributed by atoms with Gasteiger partial charge in [0.25, 0.3) is 5.91 Å². The fourth-order valence-corrected chi connectivity index (χ4v) is 4.41. The molecule has 1 aromatic heterocycles. The molecule has 1 amide bonds. The number of piperidine rings is 2. The van der Waals surface area contributed by atoms with Crippen LogP contribution in [0.25, 0.3) is 10.9 Å². The van der Waals surface area contributed by atoms with Gasteiger partial charge in [-0.2, -0.15) is 0 Å². The average Bonchev–Trinajstić information content (AvgIpc) is 3.47. The van der Waals surface area contributed by atoms with Crippen molar-refractivity contribution < 1.29 is 9.18 Å². The fourth-order valence-electron chi connectivity index (χ4n) is 4.41. The van der Waals surface area contributed by atoms with E-state index in [-0.39, 0.29) is 17.8 Å². The number of amides is 1. The van der Waals surface area contributed by atoms with Crippen LogP contribution in [0.2, 0.25) is 0 Å². The highest BCUT2D eigenvalue weighted by Crippen LogP contribution is 2.40. The summed E-state index contributed by atoms with van der Waals surface area (Å²) < 4.78 is 13.8. The third-order valence-electron chi connectivity index (χ3n) is 5.97. The van der Waals surface area contributed by atoms with Gasteiger partial charge in [-0.3, -0.25) is 9.78 Å². The van der Waals surface area contributed by atoms with Crippen molar-refractivity contribution in [3.63, 3.8) is 0 Å². The van der Waals surface area contributed by atoms with Crippen molar-refractivity contribution in [3.05, 3.63) is 41.3 Å². The largest absolute Gasteiger partial charge is 0.348 e. The number of carbonyl (C=O) groups excluding carboxylic acids is 1. The van der Waals surface area contributed by atoms with Crippen LogP contribution in [-0.4, -0.2) is 29.5 Å². The molecular formula is C20H22FN3O. The Morgan fingerprint density at radius 1 is 1.20 bits per heavy atom. The summed E-state index contributed by atoms with van der Waals surface area (Å²) in [7, 11) is 0. The number of carbonyl (C=O) groups is 1. The highest BCUT2D eigenvalue weighted by atomic mass is 19.1. The number of hydrogen-bond donors (Lipinski definition) is 2. The lowest BCUT2D eigenvalue weighted by Crippen LogP contribution is -2.59. The van der Waals surface area contributed by atoms with Crippen molar-refractivity contribution in [2.45, 2.75) is 50.1 Å². The van der Waals surface area contributed by atoms with Gasteiger partial charge in [0.15, 0.2) is 0 Å². The molecule has 2 N–H and O–H groups in total. The van der Waals surface area contributed by atoms with Gasteiger partial charge < -0.3 is 10.6 Å². The number of hydrogen-bond acceptors (Lipinski definition) is 3. The Kier molecular flexibility index (Phi) is 3.52. The Morgan fingerprint density at radius 2 is 2.08 bits per heavy atom. The molecule has 25 heavy (non-hydrogen) atoms. The monoisotopic (exact) mass is 339 g/mol. The first-order valence-corrected chi connectivity index (χ1v) is 9.32. The minimum absolute atomic E-state index is 0.0979. The normalized spacial score (nSPS) is 28.3. The number of nitrogens with zero attached hydrogens (tertiary/aromatic N) is 1. The van der Waals surface area contributed by atoms with Crippen LogP contribution in [0.5, 0.6) is 0 Å². The third-order valence-corrected chi connectivity index (χ3v) is 5.97. The van der Waals surface area contributed by atoms with Gasteiger partial charge in [-0.05, 0) is 68.8 Å². The molecule has 4 fully saturated rings. The van der Waals surface area contributed by atoms with Crippen LogP contribution in [0.3, 0.4) is 0 Å². The van der Waals surface area contributed by atoms with Gasteiger partial charge in [0.05, 0.1) is 11.1 Å². The lowest BCUT2D eigenvalue weighted by atomic mass is 9.78. The maximum absolute atomic E-state index is 13.8. The fraction of sp³-hybridized carbons (Fsp3) is 0.500. The Balaban J connectivity index is 1.50. The van der Waals surface area contributed by atoms with Gasteiger partial charge in [0, 0.05) is 29.1 Å². The quantitative estimate of drug-likeness (QED) is 0.903. The molecule has 5 heteroatoms. The van der Waals surface area contributed by atoms with Crippen molar-refractivity contribution in [2.24, 2.45) is 5.92 Å². The van der Waals surface area contributed by atoms with Gasteiger partial charge in [-0.25, -0.2) is 4.39 Å². The molecule has 3 heterocycles. The van der Waals surface area contributed by atoms with E-state index in [0.29, 0.717) is 34.3 Å². The summed E-state index contributed by atoms with van der Waals surface area (Å²) >= 11 is 0. The predicted molar refractivity (Wildman–Crippen MR) is 94.1 cm³/mol. The minimum Gasteiger partial charge on any atom is -0.348 e. The Bertz CT molecular complexity index is 840.